The Bertz CT molecular complexity index is 324. The summed E-state index contributed by atoms with van der Waals surface area (Å²) in [6.07, 6.45) is 20.8. The maximum absolute atomic E-state index is 11.0. The molecule has 1 unspecified atom stereocenters. The molecule has 0 saturated heterocycles. The van der Waals surface area contributed by atoms with Crippen molar-refractivity contribution in [2.75, 3.05) is 0 Å². The van der Waals surface area contributed by atoms with E-state index in [0.29, 0.717) is 12.5 Å². The summed E-state index contributed by atoms with van der Waals surface area (Å²) in [5.41, 5.74) is 1.14. The summed E-state index contributed by atoms with van der Waals surface area (Å²) in [6, 6.07) is 0.360. The smallest absolute Gasteiger partial charge is 0.129 e. The number of unbranched alkanes of at least 4 members (excludes halogenated alkanes) is 12. The van der Waals surface area contributed by atoms with E-state index in [0.717, 1.165) is 18.5 Å². The van der Waals surface area contributed by atoms with Gasteiger partial charge in [-0.05, 0) is 33.1 Å². The van der Waals surface area contributed by atoms with Gasteiger partial charge in [0.1, 0.15) is 5.78 Å². The number of hydrogen-bond donors (Lipinski definition) is 1. The number of rotatable bonds is 19. The van der Waals surface area contributed by atoms with Crippen LogP contribution < -0.4 is 5.32 Å². The van der Waals surface area contributed by atoms with E-state index in [1.807, 2.05) is 0 Å². The summed E-state index contributed by atoms with van der Waals surface area (Å²) < 4.78 is 0. The van der Waals surface area contributed by atoms with Gasteiger partial charge in [0.2, 0.25) is 0 Å². The Labute approximate surface area is 158 Å². The average molecular weight is 352 g/mol. The molecule has 0 bridgehead atoms. The van der Waals surface area contributed by atoms with Crippen molar-refractivity contribution >= 4 is 5.78 Å². The normalized spacial score (nSPS) is 12.1. The third kappa shape index (κ3) is 19.4. The highest BCUT2D eigenvalue weighted by Crippen LogP contribution is 2.14. The standard InChI is InChI=1S/C23H45NO/c1-5-6-7-8-9-10-11-12-13-14-15-16-17-18-21(2)24-22(3)19-20-23(4)25/h22,24H,2,5-20H2,1,3-4H3. The van der Waals surface area contributed by atoms with Crippen LogP contribution in [0.15, 0.2) is 12.3 Å². The first kappa shape index (κ1) is 24.2. The maximum atomic E-state index is 11.0. The van der Waals surface area contributed by atoms with Gasteiger partial charge in [-0.2, -0.15) is 0 Å². The number of allylic oxidation sites excluding steroid dienone is 1. The van der Waals surface area contributed by atoms with Crippen molar-refractivity contribution in [2.24, 2.45) is 0 Å². The molecule has 0 spiro atoms. The lowest BCUT2D eigenvalue weighted by Gasteiger charge is -2.16. The molecular weight excluding hydrogens is 306 g/mol. The van der Waals surface area contributed by atoms with Gasteiger partial charge in [-0.15, -0.1) is 0 Å². The van der Waals surface area contributed by atoms with Crippen LogP contribution in [0.3, 0.4) is 0 Å². The van der Waals surface area contributed by atoms with Crippen molar-refractivity contribution in [3.63, 3.8) is 0 Å². The number of hydrogen-bond acceptors (Lipinski definition) is 2. The Hall–Kier alpha value is -0.790. The van der Waals surface area contributed by atoms with Crippen LogP contribution in [-0.2, 0) is 4.79 Å². The van der Waals surface area contributed by atoms with E-state index in [4.69, 9.17) is 0 Å². The fourth-order valence-corrected chi connectivity index (χ4v) is 3.27. The monoisotopic (exact) mass is 351 g/mol. The molecule has 0 rings (SSSR count). The first-order valence-corrected chi connectivity index (χ1v) is 11.0. The van der Waals surface area contributed by atoms with Crippen molar-refractivity contribution in [1.29, 1.82) is 0 Å². The minimum atomic E-state index is 0.274. The lowest BCUT2D eigenvalue weighted by molar-refractivity contribution is -0.117. The molecule has 0 aliphatic carbocycles. The van der Waals surface area contributed by atoms with Crippen LogP contribution in [0.5, 0.6) is 0 Å². The Morgan fingerprint density at radius 1 is 0.800 bits per heavy atom. The van der Waals surface area contributed by atoms with Crippen LogP contribution >= 0.6 is 0 Å². The molecule has 0 radical (unpaired) electrons. The lowest BCUT2D eigenvalue weighted by Crippen LogP contribution is -2.25. The molecule has 0 aromatic carbocycles. The van der Waals surface area contributed by atoms with Gasteiger partial charge < -0.3 is 10.1 Å². The van der Waals surface area contributed by atoms with Crippen LogP contribution in [0.4, 0.5) is 0 Å². The highest BCUT2D eigenvalue weighted by Gasteiger charge is 2.04. The molecule has 0 aromatic rings. The van der Waals surface area contributed by atoms with Gasteiger partial charge in [-0.25, -0.2) is 0 Å². The second-order valence-corrected chi connectivity index (χ2v) is 7.88. The van der Waals surface area contributed by atoms with E-state index in [1.54, 1.807) is 6.92 Å². The molecule has 2 nitrogen and oxygen atoms in total. The zero-order valence-corrected chi connectivity index (χ0v) is 17.5. The van der Waals surface area contributed by atoms with Crippen LogP contribution in [0.25, 0.3) is 0 Å². The predicted molar refractivity (Wildman–Crippen MR) is 112 cm³/mol. The summed E-state index contributed by atoms with van der Waals surface area (Å²) in [7, 11) is 0. The first-order chi connectivity index (χ1) is 12.1. The Kier molecular flexibility index (Phi) is 17.4. The van der Waals surface area contributed by atoms with E-state index >= 15 is 0 Å². The summed E-state index contributed by atoms with van der Waals surface area (Å²) >= 11 is 0. The van der Waals surface area contributed by atoms with Crippen molar-refractivity contribution in [3.8, 4) is 0 Å². The Balaban J connectivity index is 3.27. The van der Waals surface area contributed by atoms with Gasteiger partial charge in [0, 0.05) is 18.2 Å². The van der Waals surface area contributed by atoms with E-state index in [-0.39, 0.29) is 5.78 Å². The van der Waals surface area contributed by atoms with Crippen molar-refractivity contribution in [1.82, 2.24) is 5.32 Å². The van der Waals surface area contributed by atoms with Crippen LogP contribution in [0.2, 0.25) is 0 Å². The average Bonchev–Trinajstić information content (AvgIpc) is 2.57. The molecule has 0 fully saturated rings. The zero-order chi connectivity index (χ0) is 18.8. The summed E-state index contributed by atoms with van der Waals surface area (Å²) in [6.45, 7) is 10.2. The maximum Gasteiger partial charge on any atom is 0.129 e. The predicted octanol–water partition coefficient (Wildman–Crippen LogP) is 7.33. The molecule has 148 valence electrons. The van der Waals surface area contributed by atoms with Crippen molar-refractivity contribution < 1.29 is 4.79 Å². The summed E-state index contributed by atoms with van der Waals surface area (Å²) in [5.74, 6) is 0.274. The van der Waals surface area contributed by atoms with Gasteiger partial charge in [0.25, 0.3) is 0 Å². The minimum absolute atomic E-state index is 0.274. The Morgan fingerprint density at radius 2 is 1.24 bits per heavy atom. The zero-order valence-electron chi connectivity index (χ0n) is 17.5. The molecule has 0 heterocycles. The third-order valence-corrected chi connectivity index (χ3v) is 4.96. The van der Waals surface area contributed by atoms with E-state index in [1.165, 1.54) is 83.5 Å². The second kappa shape index (κ2) is 18.0. The highest BCUT2D eigenvalue weighted by molar-refractivity contribution is 5.75. The molecule has 25 heavy (non-hydrogen) atoms. The molecule has 0 saturated carbocycles. The molecule has 0 aliphatic heterocycles. The SMILES string of the molecule is C=C(CCCCCCCCCCCCCCC)NC(C)CCC(C)=O. The molecule has 2 heteroatoms. The molecule has 0 aliphatic rings. The number of carbonyl (C=O) groups excluding carboxylic acids is 1. The van der Waals surface area contributed by atoms with Gasteiger partial charge in [0.15, 0.2) is 0 Å². The lowest BCUT2D eigenvalue weighted by atomic mass is 10.0. The van der Waals surface area contributed by atoms with Crippen molar-refractivity contribution in [2.45, 2.75) is 130 Å². The quantitative estimate of drug-likeness (QED) is 0.247. The fraction of sp³-hybridized carbons (Fsp3) is 0.870. The van der Waals surface area contributed by atoms with Gasteiger partial charge in [0.05, 0.1) is 0 Å². The Morgan fingerprint density at radius 3 is 1.68 bits per heavy atom. The van der Waals surface area contributed by atoms with Gasteiger partial charge in [-0.1, -0.05) is 90.6 Å². The van der Waals surface area contributed by atoms with Crippen LogP contribution in [0, 0.1) is 0 Å². The van der Waals surface area contributed by atoms with Gasteiger partial charge in [-0.3, -0.25) is 0 Å². The number of Topliss-reactive ketones (excluding diaryl/α,β-unsaturated/α-hetero) is 1. The van der Waals surface area contributed by atoms with Crippen LogP contribution in [-0.4, -0.2) is 11.8 Å². The second-order valence-electron chi connectivity index (χ2n) is 7.88. The molecular formula is C23H45NO. The number of nitrogens with one attached hydrogen (secondary N) is 1. The molecule has 0 amide bonds. The van der Waals surface area contributed by atoms with Crippen molar-refractivity contribution in [3.05, 3.63) is 12.3 Å². The number of carbonyl (C=O) groups is 1. The van der Waals surface area contributed by atoms with E-state index < -0.39 is 0 Å². The molecule has 1 N–H and O–H groups in total. The first-order valence-electron chi connectivity index (χ1n) is 11.0. The third-order valence-electron chi connectivity index (χ3n) is 4.96. The highest BCUT2D eigenvalue weighted by atomic mass is 16.1. The van der Waals surface area contributed by atoms with Crippen LogP contribution in [0.1, 0.15) is 124 Å². The topological polar surface area (TPSA) is 29.1 Å². The minimum Gasteiger partial charge on any atom is -0.386 e. The summed E-state index contributed by atoms with van der Waals surface area (Å²) in [5, 5.41) is 3.43. The molecule has 1 atom stereocenters. The van der Waals surface area contributed by atoms with E-state index in [2.05, 4.69) is 25.7 Å². The number of ketones is 1. The molecule has 0 aromatic heterocycles. The largest absolute Gasteiger partial charge is 0.386 e. The summed E-state index contributed by atoms with van der Waals surface area (Å²) in [4.78, 5) is 11.0. The fourth-order valence-electron chi connectivity index (χ4n) is 3.27. The van der Waals surface area contributed by atoms with Gasteiger partial charge >= 0.3 is 0 Å². The van der Waals surface area contributed by atoms with E-state index in [9.17, 15) is 4.79 Å².